The molecule has 0 bridgehead atoms. The maximum Gasteiger partial charge on any atom is 0.306 e. The second-order valence-corrected chi connectivity index (χ2v) is 3.92. The van der Waals surface area contributed by atoms with Gasteiger partial charge in [-0.2, -0.15) is 0 Å². The van der Waals surface area contributed by atoms with E-state index in [1.807, 2.05) is 0 Å². The predicted octanol–water partition coefficient (Wildman–Crippen LogP) is 1.96. The molecule has 3 nitrogen and oxygen atoms in total. The standard InChI is InChI=1S/C12H15F2NO2/c1-7(15)9(6-12(16)17-2)8-3-4-10(13)11(14)5-8/h3-5,7,9H,6,15H2,1-2H3. The third-order valence-corrected chi connectivity index (χ3v) is 2.62. The largest absolute Gasteiger partial charge is 0.469 e. The van der Waals surface area contributed by atoms with Gasteiger partial charge in [-0.3, -0.25) is 4.79 Å². The van der Waals surface area contributed by atoms with E-state index in [1.54, 1.807) is 6.92 Å². The number of esters is 1. The topological polar surface area (TPSA) is 52.3 Å². The van der Waals surface area contributed by atoms with Gasteiger partial charge in [-0.1, -0.05) is 6.07 Å². The average molecular weight is 243 g/mol. The summed E-state index contributed by atoms with van der Waals surface area (Å²) in [6, 6.07) is 3.15. The number of carbonyl (C=O) groups excluding carboxylic acids is 1. The number of hydrogen-bond donors (Lipinski definition) is 1. The Morgan fingerprint density at radius 3 is 2.53 bits per heavy atom. The number of methoxy groups -OCH3 is 1. The summed E-state index contributed by atoms with van der Waals surface area (Å²) >= 11 is 0. The molecule has 0 aromatic heterocycles. The third-order valence-electron chi connectivity index (χ3n) is 2.62. The molecule has 0 saturated heterocycles. The molecule has 2 unspecified atom stereocenters. The lowest BCUT2D eigenvalue weighted by molar-refractivity contribution is -0.141. The maximum absolute atomic E-state index is 13.1. The molecule has 0 aliphatic heterocycles. The van der Waals surface area contributed by atoms with Crippen LogP contribution in [0.4, 0.5) is 8.78 Å². The van der Waals surface area contributed by atoms with E-state index < -0.39 is 23.5 Å². The summed E-state index contributed by atoms with van der Waals surface area (Å²) in [5.41, 5.74) is 6.23. The van der Waals surface area contributed by atoms with Gasteiger partial charge in [0, 0.05) is 12.0 Å². The van der Waals surface area contributed by atoms with E-state index in [1.165, 1.54) is 13.2 Å². The Labute approximate surface area is 98.6 Å². The molecule has 5 heteroatoms. The summed E-state index contributed by atoms with van der Waals surface area (Å²) in [7, 11) is 1.27. The third kappa shape index (κ3) is 3.49. The minimum absolute atomic E-state index is 0.0409. The number of hydrogen-bond acceptors (Lipinski definition) is 3. The van der Waals surface area contributed by atoms with Crippen LogP contribution in [0.2, 0.25) is 0 Å². The van der Waals surface area contributed by atoms with Crippen molar-refractivity contribution in [2.24, 2.45) is 5.73 Å². The number of nitrogens with two attached hydrogens (primary N) is 1. The molecule has 0 saturated carbocycles. The molecule has 0 radical (unpaired) electrons. The Bertz CT molecular complexity index is 407. The van der Waals surface area contributed by atoms with E-state index in [-0.39, 0.29) is 12.5 Å². The number of benzene rings is 1. The molecule has 1 aromatic rings. The molecule has 0 heterocycles. The van der Waals surface area contributed by atoms with Crippen molar-refractivity contribution in [1.29, 1.82) is 0 Å². The molecular weight excluding hydrogens is 228 g/mol. The van der Waals surface area contributed by atoms with E-state index >= 15 is 0 Å². The number of ether oxygens (including phenoxy) is 1. The summed E-state index contributed by atoms with van der Waals surface area (Å²) < 4.78 is 30.4. The zero-order chi connectivity index (χ0) is 13.0. The van der Waals surface area contributed by atoms with Crippen LogP contribution in [0.5, 0.6) is 0 Å². The van der Waals surface area contributed by atoms with Gasteiger partial charge in [0.1, 0.15) is 0 Å². The fraction of sp³-hybridized carbons (Fsp3) is 0.417. The summed E-state index contributed by atoms with van der Waals surface area (Å²) in [6.07, 6.45) is 0.0409. The number of rotatable bonds is 4. The second kappa shape index (κ2) is 5.72. The molecule has 1 aromatic carbocycles. The van der Waals surface area contributed by atoms with Crippen molar-refractivity contribution < 1.29 is 18.3 Å². The van der Waals surface area contributed by atoms with Crippen LogP contribution in [-0.4, -0.2) is 19.1 Å². The quantitative estimate of drug-likeness (QED) is 0.822. The van der Waals surface area contributed by atoms with Crippen LogP contribution in [0.1, 0.15) is 24.8 Å². The summed E-state index contributed by atoms with van der Waals surface area (Å²) in [5.74, 6) is -2.69. The smallest absolute Gasteiger partial charge is 0.306 e. The highest BCUT2D eigenvalue weighted by atomic mass is 19.2. The first kappa shape index (κ1) is 13.6. The van der Waals surface area contributed by atoms with E-state index in [0.29, 0.717) is 5.56 Å². The minimum atomic E-state index is -0.946. The first-order valence-electron chi connectivity index (χ1n) is 5.23. The van der Waals surface area contributed by atoms with Crippen LogP contribution in [0.3, 0.4) is 0 Å². The van der Waals surface area contributed by atoms with Gasteiger partial charge < -0.3 is 10.5 Å². The molecule has 0 amide bonds. The van der Waals surface area contributed by atoms with Gasteiger partial charge in [-0.25, -0.2) is 8.78 Å². The second-order valence-electron chi connectivity index (χ2n) is 3.92. The van der Waals surface area contributed by atoms with Gasteiger partial charge in [0.05, 0.1) is 13.5 Å². The van der Waals surface area contributed by atoms with Crippen LogP contribution in [0.25, 0.3) is 0 Å². The van der Waals surface area contributed by atoms with Gasteiger partial charge in [-0.15, -0.1) is 0 Å². The molecule has 94 valence electrons. The summed E-state index contributed by atoms with van der Waals surface area (Å²) in [6.45, 7) is 1.70. The average Bonchev–Trinajstić information content (AvgIpc) is 2.29. The van der Waals surface area contributed by atoms with Gasteiger partial charge in [0.15, 0.2) is 11.6 Å². The van der Waals surface area contributed by atoms with Crippen LogP contribution in [0, 0.1) is 11.6 Å². The van der Waals surface area contributed by atoms with Crippen molar-refractivity contribution in [3.63, 3.8) is 0 Å². The lowest BCUT2D eigenvalue weighted by Crippen LogP contribution is -2.27. The normalized spacial score (nSPS) is 14.2. The summed E-state index contributed by atoms with van der Waals surface area (Å²) in [5, 5.41) is 0. The van der Waals surface area contributed by atoms with E-state index in [9.17, 15) is 13.6 Å². The summed E-state index contributed by atoms with van der Waals surface area (Å²) in [4.78, 5) is 11.2. The zero-order valence-electron chi connectivity index (χ0n) is 9.74. The lowest BCUT2D eigenvalue weighted by Gasteiger charge is -2.20. The van der Waals surface area contributed by atoms with Gasteiger partial charge >= 0.3 is 5.97 Å². The minimum Gasteiger partial charge on any atom is -0.469 e. The molecule has 1 rings (SSSR count). The molecule has 2 N–H and O–H groups in total. The highest BCUT2D eigenvalue weighted by molar-refractivity contribution is 5.70. The van der Waals surface area contributed by atoms with E-state index in [0.717, 1.165) is 12.1 Å². The zero-order valence-corrected chi connectivity index (χ0v) is 9.74. The fourth-order valence-electron chi connectivity index (χ4n) is 1.61. The van der Waals surface area contributed by atoms with Crippen molar-refractivity contribution in [3.8, 4) is 0 Å². The lowest BCUT2D eigenvalue weighted by atomic mass is 9.90. The van der Waals surface area contributed by atoms with Gasteiger partial charge in [0.25, 0.3) is 0 Å². The molecule has 17 heavy (non-hydrogen) atoms. The highest BCUT2D eigenvalue weighted by Crippen LogP contribution is 2.24. The number of halogens is 2. The van der Waals surface area contributed by atoms with Crippen LogP contribution < -0.4 is 5.73 Å². The Kier molecular flexibility index (Phi) is 4.57. The van der Waals surface area contributed by atoms with Crippen LogP contribution >= 0.6 is 0 Å². The van der Waals surface area contributed by atoms with E-state index in [4.69, 9.17) is 5.73 Å². The van der Waals surface area contributed by atoms with E-state index in [2.05, 4.69) is 4.74 Å². The Hall–Kier alpha value is -1.49. The Morgan fingerprint density at radius 1 is 1.41 bits per heavy atom. The van der Waals surface area contributed by atoms with Crippen LogP contribution in [0.15, 0.2) is 18.2 Å². The molecule has 0 fully saturated rings. The number of carbonyl (C=O) groups is 1. The van der Waals surface area contributed by atoms with Crippen molar-refractivity contribution in [2.75, 3.05) is 7.11 Å². The Morgan fingerprint density at radius 2 is 2.06 bits per heavy atom. The van der Waals surface area contributed by atoms with Gasteiger partial charge in [0.2, 0.25) is 0 Å². The highest BCUT2D eigenvalue weighted by Gasteiger charge is 2.21. The van der Waals surface area contributed by atoms with Crippen molar-refractivity contribution in [1.82, 2.24) is 0 Å². The predicted molar refractivity (Wildman–Crippen MR) is 59.4 cm³/mol. The van der Waals surface area contributed by atoms with Gasteiger partial charge in [-0.05, 0) is 24.6 Å². The molecule has 0 aliphatic carbocycles. The van der Waals surface area contributed by atoms with Crippen molar-refractivity contribution >= 4 is 5.97 Å². The first-order chi connectivity index (χ1) is 7.95. The Balaban J connectivity index is 2.97. The van der Waals surface area contributed by atoms with Crippen molar-refractivity contribution in [3.05, 3.63) is 35.4 Å². The van der Waals surface area contributed by atoms with Crippen LogP contribution in [-0.2, 0) is 9.53 Å². The molecule has 2 atom stereocenters. The SMILES string of the molecule is COC(=O)CC(c1ccc(F)c(F)c1)C(C)N. The van der Waals surface area contributed by atoms with Crippen molar-refractivity contribution in [2.45, 2.75) is 25.3 Å². The first-order valence-corrected chi connectivity index (χ1v) is 5.23. The molecule has 0 spiro atoms. The fourth-order valence-corrected chi connectivity index (χ4v) is 1.61. The molecular formula is C12H15F2NO2. The monoisotopic (exact) mass is 243 g/mol. The molecule has 0 aliphatic rings. The maximum atomic E-state index is 13.1.